The zero-order chi connectivity index (χ0) is 11.4. The molecule has 0 amide bonds. The molecule has 1 atom stereocenters. The summed E-state index contributed by atoms with van der Waals surface area (Å²) >= 11 is 0. The van der Waals surface area contributed by atoms with E-state index in [1.165, 1.54) is 13.2 Å². The molecule has 1 unspecified atom stereocenters. The van der Waals surface area contributed by atoms with Gasteiger partial charge in [0.05, 0.1) is 7.11 Å². The van der Waals surface area contributed by atoms with Crippen molar-refractivity contribution >= 4 is 5.97 Å². The van der Waals surface area contributed by atoms with Gasteiger partial charge >= 0.3 is 5.97 Å². The molecule has 3 nitrogen and oxygen atoms in total. The Morgan fingerprint density at radius 1 is 1.53 bits per heavy atom. The normalized spacial score (nSPS) is 12.3. The first kappa shape index (κ1) is 11.7. The molecule has 15 heavy (non-hydrogen) atoms. The van der Waals surface area contributed by atoms with Crippen molar-refractivity contribution in [3.05, 3.63) is 35.1 Å². The zero-order valence-corrected chi connectivity index (χ0v) is 9.00. The van der Waals surface area contributed by atoms with Gasteiger partial charge in [-0.25, -0.2) is 9.18 Å². The highest BCUT2D eigenvalue weighted by Gasteiger charge is 2.22. The number of esters is 1. The number of carbonyl (C=O) groups is 1. The first-order valence-corrected chi connectivity index (χ1v) is 4.61. The summed E-state index contributed by atoms with van der Waals surface area (Å²) in [4.78, 5) is 11.4. The van der Waals surface area contributed by atoms with E-state index in [1.807, 2.05) is 6.92 Å². The summed E-state index contributed by atoms with van der Waals surface area (Å²) in [7, 11) is 2.86. The minimum absolute atomic E-state index is 0.310. The summed E-state index contributed by atoms with van der Waals surface area (Å²) in [6, 6.07) is 3.88. The summed E-state index contributed by atoms with van der Waals surface area (Å²) in [5, 5.41) is 2.72. The third-order valence-corrected chi connectivity index (χ3v) is 2.19. The Bertz CT molecular complexity index is 366. The van der Waals surface area contributed by atoms with Crippen molar-refractivity contribution in [1.29, 1.82) is 0 Å². The second kappa shape index (κ2) is 4.89. The second-order valence-corrected chi connectivity index (χ2v) is 3.27. The third kappa shape index (κ3) is 2.53. The highest BCUT2D eigenvalue weighted by molar-refractivity contribution is 5.77. The molecule has 0 aromatic heterocycles. The van der Waals surface area contributed by atoms with Crippen LogP contribution in [-0.2, 0) is 9.53 Å². The summed E-state index contributed by atoms with van der Waals surface area (Å²) in [5.41, 5.74) is 1.21. The Morgan fingerprint density at radius 2 is 2.20 bits per heavy atom. The van der Waals surface area contributed by atoms with Crippen LogP contribution in [0.3, 0.4) is 0 Å². The Kier molecular flexibility index (Phi) is 3.80. The lowest BCUT2D eigenvalue weighted by molar-refractivity contribution is -0.143. The van der Waals surface area contributed by atoms with Gasteiger partial charge in [-0.3, -0.25) is 0 Å². The largest absolute Gasteiger partial charge is 0.468 e. The molecular weight excluding hydrogens is 197 g/mol. The molecule has 0 saturated heterocycles. The van der Waals surface area contributed by atoms with Crippen LogP contribution < -0.4 is 5.32 Å². The molecule has 4 heteroatoms. The Hall–Kier alpha value is -1.42. The van der Waals surface area contributed by atoms with Gasteiger partial charge in [-0.05, 0) is 20.0 Å². The van der Waals surface area contributed by atoms with Gasteiger partial charge in [-0.1, -0.05) is 17.7 Å². The van der Waals surface area contributed by atoms with E-state index in [0.29, 0.717) is 5.56 Å². The predicted molar refractivity (Wildman–Crippen MR) is 55.0 cm³/mol. The lowest BCUT2D eigenvalue weighted by Crippen LogP contribution is -2.27. The predicted octanol–water partition coefficient (Wildman–Crippen LogP) is 1.57. The number of ether oxygens (including phenoxy) is 1. The van der Waals surface area contributed by atoms with Crippen molar-refractivity contribution in [1.82, 2.24) is 5.32 Å². The van der Waals surface area contributed by atoms with Gasteiger partial charge < -0.3 is 10.1 Å². The van der Waals surface area contributed by atoms with Crippen LogP contribution in [0.4, 0.5) is 4.39 Å². The van der Waals surface area contributed by atoms with Crippen molar-refractivity contribution in [3.63, 3.8) is 0 Å². The van der Waals surface area contributed by atoms with Crippen LogP contribution in [0.1, 0.15) is 17.2 Å². The first-order valence-electron chi connectivity index (χ1n) is 4.61. The van der Waals surface area contributed by atoms with Gasteiger partial charge in [0.15, 0.2) is 0 Å². The minimum atomic E-state index is -0.755. The molecule has 1 N–H and O–H groups in total. The molecule has 1 aromatic rings. The first-order chi connectivity index (χ1) is 7.10. The van der Waals surface area contributed by atoms with Crippen molar-refractivity contribution in [2.24, 2.45) is 0 Å². The van der Waals surface area contributed by atoms with Crippen LogP contribution in [0.2, 0.25) is 0 Å². The van der Waals surface area contributed by atoms with E-state index in [1.54, 1.807) is 19.2 Å². The smallest absolute Gasteiger partial charge is 0.327 e. The topological polar surface area (TPSA) is 38.3 Å². The maximum absolute atomic E-state index is 13.5. The number of methoxy groups -OCH3 is 1. The van der Waals surface area contributed by atoms with Gasteiger partial charge in [-0.2, -0.15) is 0 Å². The number of aryl methyl sites for hydroxylation is 1. The van der Waals surface area contributed by atoms with E-state index in [-0.39, 0.29) is 0 Å². The van der Waals surface area contributed by atoms with Gasteiger partial charge in [0.2, 0.25) is 0 Å². The molecule has 82 valence electrons. The molecule has 0 radical (unpaired) electrons. The van der Waals surface area contributed by atoms with Crippen LogP contribution in [0.25, 0.3) is 0 Å². The van der Waals surface area contributed by atoms with Crippen molar-refractivity contribution in [2.75, 3.05) is 14.2 Å². The zero-order valence-electron chi connectivity index (χ0n) is 9.00. The number of carbonyl (C=O) groups excluding carboxylic acids is 1. The maximum atomic E-state index is 13.5. The Morgan fingerprint density at radius 3 is 2.73 bits per heavy atom. The van der Waals surface area contributed by atoms with E-state index in [4.69, 9.17) is 0 Å². The molecule has 1 aromatic carbocycles. The molecule has 0 heterocycles. The maximum Gasteiger partial charge on any atom is 0.327 e. The highest BCUT2D eigenvalue weighted by Crippen LogP contribution is 2.19. The van der Waals surface area contributed by atoms with E-state index < -0.39 is 17.8 Å². The highest BCUT2D eigenvalue weighted by atomic mass is 19.1. The van der Waals surface area contributed by atoms with Gasteiger partial charge in [0.25, 0.3) is 0 Å². The number of benzene rings is 1. The average Bonchev–Trinajstić information content (AvgIpc) is 2.23. The number of nitrogens with one attached hydrogen (secondary N) is 1. The summed E-state index contributed by atoms with van der Waals surface area (Å²) < 4.78 is 18.0. The average molecular weight is 211 g/mol. The van der Waals surface area contributed by atoms with Gasteiger partial charge in [0.1, 0.15) is 11.9 Å². The molecule has 0 aliphatic heterocycles. The summed E-state index contributed by atoms with van der Waals surface area (Å²) in [6.07, 6.45) is 0. The molecule has 1 rings (SSSR count). The fourth-order valence-electron chi connectivity index (χ4n) is 1.40. The number of hydrogen-bond donors (Lipinski definition) is 1. The summed E-state index contributed by atoms with van der Waals surface area (Å²) in [6.45, 7) is 1.84. The standard InChI is InChI=1S/C11H14FNO2/c1-7-4-5-9(12)8(6-7)10(13-2)11(14)15-3/h4-6,10,13H,1-3H3. The molecule has 0 bridgehead atoms. The second-order valence-electron chi connectivity index (χ2n) is 3.27. The van der Waals surface area contributed by atoms with E-state index in [9.17, 15) is 9.18 Å². The fourth-order valence-corrected chi connectivity index (χ4v) is 1.40. The molecular formula is C11H14FNO2. The number of rotatable bonds is 3. The quantitative estimate of drug-likeness (QED) is 0.771. The number of hydrogen-bond acceptors (Lipinski definition) is 3. The van der Waals surface area contributed by atoms with Crippen LogP contribution in [0, 0.1) is 12.7 Å². The third-order valence-electron chi connectivity index (χ3n) is 2.19. The lowest BCUT2D eigenvalue weighted by Gasteiger charge is -2.15. The van der Waals surface area contributed by atoms with Crippen molar-refractivity contribution < 1.29 is 13.9 Å². The van der Waals surface area contributed by atoms with E-state index in [0.717, 1.165) is 5.56 Å². The van der Waals surface area contributed by atoms with Crippen LogP contribution in [-0.4, -0.2) is 20.1 Å². The number of halogens is 1. The fraction of sp³-hybridized carbons (Fsp3) is 0.364. The van der Waals surface area contributed by atoms with Crippen molar-refractivity contribution in [2.45, 2.75) is 13.0 Å². The molecule has 0 aliphatic rings. The molecule has 0 saturated carbocycles. The Labute approximate surface area is 88.2 Å². The van der Waals surface area contributed by atoms with E-state index in [2.05, 4.69) is 10.1 Å². The minimum Gasteiger partial charge on any atom is -0.468 e. The van der Waals surface area contributed by atoms with Gasteiger partial charge in [-0.15, -0.1) is 0 Å². The van der Waals surface area contributed by atoms with E-state index >= 15 is 0 Å². The van der Waals surface area contributed by atoms with Crippen LogP contribution >= 0.6 is 0 Å². The molecule has 0 spiro atoms. The van der Waals surface area contributed by atoms with Gasteiger partial charge in [0, 0.05) is 5.56 Å². The molecule has 0 aliphatic carbocycles. The van der Waals surface area contributed by atoms with Crippen molar-refractivity contribution in [3.8, 4) is 0 Å². The monoisotopic (exact) mass is 211 g/mol. The number of likely N-dealkylation sites (N-methyl/N-ethyl adjacent to an activating group) is 1. The van der Waals surface area contributed by atoms with Crippen LogP contribution in [0.15, 0.2) is 18.2 Å². The molecule has 0 fully saturated rings. The SMILES string of the molecule is CNC(C(=O)OC)c1cc(C)ccc1F. The Balaban J connectivity index is 3.11. The lowest BCUT2D eigenvalue weighted by atomic mass is 10.0. The van der Waals surface area contributed by atoms with Crippen LogP contribution in [0.5, 0.6) is 0 Å². The summed E-state index contributed by atoms with van der Waals surface area (Å²) in [5.74, 6) is -0.910.